The summed E-state index contributed by atoms with van der Waals surface area (Å²) in [6.45, 7) is 0.841. The molecule has 0 saturated heterocycles. The monoisotopic (exact) mass is 552 g/mol. The summed E-state index contributed by atoms with van der Waals surface area (Å²) in [6, 6.07) is 38.8. The number of carbonyl (C=O) groups excluding carboxylic acids is 1. The van der Waals surface area contributed by atoms with Gasteiger partial charge in [-0.05, 0) is 82.6 Å². The molecule has 0 aliphatic heterocycles. The molecule has 0 spiro atoms. The highest BCUT2D eigenvalue weighted by Gasteiger charge is 2.20. The molecule has 42 heavy (non-hydrogen) atoms. The second-order valence-corrected chi connectivity index (χ2v) is 10.1. The Bertz CT molecular complexity index is 2050. The average Bonchev–Trinajstić information content (AvgIpc) is 3.41. The molecular weight excluding hydrogens is 527 g/mol. The van der Waals surface area contributed by atoms with E-state index in [0.717, 1.165) is 32.7 Å². The summed E-state index contributed by atoms with van der Waals surface area (Å²) in [5, 5.41) is 3.41. The average molecular weight is 553 g/mol. The summed E-state index contributed by atoms with van der Waals surface area (Å²) < 4.78 is 32.1. The van der Waals surface area contributed by atoms with E-state index >= 15 is 0 Å². The smallest absolute Gasteiger partial charge is 0.193 e. The zero-order valence-electron chi connectivity index (χ0n) is 22.5. The van der Waals surface area contributed by atoms with Crippen LogP contribution in [0.2, 0.25) is 0 Å². The molecule has 1 aromatic heterocycles. The minimum absolute atomic E-state index is 0.227. The molecule has 0 radical (unpaired) electrons. The highest BCUT2D eigenvalue weighted by Crippen LogP contribution is 2.39. The van der Waals surface area contributed by atoms with Crippen molar-refractivity contribution in [3.8, 4) is 11.5 Å². The van der Waals surface area contributed by atoms with Crippen molar-refractivity contribution in [3.05, 3.63) is 155 Å². The van der Waals surface area contributed by atoms with Crippen molar-refractivity contribution in [2.45, 2.75) is 13.2 Å². The maximum Gasteiger partial charge on any atom is 0.193 e. The summed E-state index contributed by atoms with van der Waals surface area (Å²) in [5.41, 5.74) is 4.20. The van der Waals surface area contributed by atoms with Gasteiger partial charge in [-0.1, -0.05) is 60.7 Å². The first-order valence-electron chi connectivity index (χ1n) is 13.7. The van der Waals surface area contributed by atoms with Crippen LogP contribution >= 0.6 is 0 Å². The van der Waals surface area contributed by atoms with Gasteiger partial charge in [0.15, 0.2) is 5.78 Å². The van der Waals surface area contributed by atoms with Crippen molar-refractivity contribution in [2.75, 3.05) is 0 Å². The van der Waals surface area contributed by atoms with Gasteiger partial charge in [0.25, 0.3) is 0 Å². The molecule has 7 rings (SSSR count). The van der Waals surface area contributed by atoms with Gasteiger partial charge in [0.2, 0.25) is 0 Å². The predicted molar refractivity (Wildman–Crippen MR) is 163 cm³/mol. The maximum absolute atomic E-state index is 13.8. The van der Waals surface area contributed by atoms with Crippen molar-refractivity contribution in [1.29, 1.82) is 0 Å². The van der Waals surface area contributed by atoms with E-state index in [1.165, 1.54) is 24.3 Å². The molecular formula is C37H25FO4. The minimum atomic E-state index is -0.397. The summed E-state index contributed by atoms with van der Waals surface area (Å²) in [4.78, 5) is 13.8. The highest BCUT2D eigenvalue weighted by atomic mass is 19.1. The first kappa shape index (κ1) is 25.5. The lowest BCUT2D eigenvalue weighted by Crippen LogP contribution is -2.03. The van der Waals surface area contributed by atoms with Gasteiger partial charge >= 0.3 is 0 Å². The molecule has 4 nitrogen and oxygen atoms in total. The van der Waals surface area contributed by atoms with Crippen LogP contribution in [0.15, 0.2) is 132 Å². The van der Waals surface area contributed by atoms with Crippen LogP contribution in [-0.2, 0) is 13.2 Å². The number of hydrogen-bond acceptors (Lipinski definition) is 4. The fourth-order valence-corrected chi connectivity index (χ4v) is 5.25. The number of hydrogen-bond donors (Lipinski definition) is 0. The van der Waals surface area contributed by atoms with Crippen LogP contribution in [0.4, 0.5) is 4.39 Å². The summed E-state index contributed by atoms with van der Waals surface area (Å²) in [6.07, 6.45) is 0. The molecule has 6 aromatic carbocycles. The van der Waals surface area contributed by atoms with Crippen molar-refractivity contribution in [1.82, 2.24) is 0 Å². The molecule has 0 saturated carbocycles. The van der Waals surface area contributed by atoms with Gasteiger partial charge in [-0.15, -0.1) is 0 Å². The molecule has 5 heteroatoms. The van der Waals surface area contributed by atoms with Crippen LogP contribution in [-0.4, -0.2) is 5.78 Å². The highest BCUT2D eigenvalue weighted by molar-refractivity contribution is 6.26. The second-order valence-electron chi connectivity index (χ2n) is 10.1. The topological polar surface area (TPSA) is 48.7 Å². The third-order valence-electron chi connectivity index (χ3n) is 7.36. The van der Waals surface area contributed by atoms with Gasteiger partial charge in [-0.3, -0.25) is 4.79 Å². The molecule has 0 bridgehead atoms. The Morgan fingerprint density at radius 2 is 1.19 bits per heavy atom. The van der Waals surface area contributed by atoms with Gasteiger partial charge in [0, 0.05) is 28.0 Å². The van der Waals surface area contributed by atoms with Crippen molar-refractivity contribution >= 4 is 38.5 Å². The largest absolute Gasteiger partial charge is 0.489 e. The van der Waals surface area contributed by atoms with Gasteiger partial charge in [-0.25, -0.2) is 4.39 Å². The fourth-order valence-electron chi connectivity index (χ4n) is 5.25. The number of fused-ring (bicyclic) bond motifs is 5. The standard InChI is InChI=1S/C37H25FO4/c38-27-13-11-26(12-14-27)37(39)33-21-35-36(30-17-15-28(19-32(30)33)40-22-24-7-3-1-4-8-24)31-18-16-29(20-34(31)42-35)41-23-25-9-5-2-6-10-25/h1-21H,22-23H2. The van der Waals surface area contributed by atoms with Gasteiger partial charge in [-0.2, -0.15) is 0 Å². The summed E-state index contributed by atoms with van der Waals surface area (Å²) in [7, 11) is 0. The summed E-state index contributed by atoms with van der Waals surface area (Å²) >= 11 is 0. The van der Waals surface area contributed by atoms with E-state index in [4.69, 9.17) is 13.9 Å². The lowest BCUT2D eigenvalue weighted by atomic mass is 9.94. The fraction of sp³-hybridized carbons (Fsp3) is 0.0541. The van der Waals surface area contributed by atoms with Crippen molar-refractivity contribution in [2.24, 2.45) is 0 Å². The molecule has 0 aliphatic carbocycles. The van der Waals surface area contributed by atoms with E-state index in [1.54, 1.807) is 6.07 Å². The zero-order chi connectivity index (χ0) is 28.5. The van der Waals surface area contributed by atoms with Crippen LogP contribution in [0, 0.1) is 5.82 Å². The minimum Gasteiger partial charge on any atom is -0.489 e. The molecule has 204 valence electrons. The van der Waals surface area contributed by atoms with Crippen molar-refractivity contribution in [3.63, 3.8) is 0 Å². The predicted octanol–water partition coefficient (Wildman–Crippen LogP) is 9.27. The van der Waals surface area contributed by atoms with E-state index in [0.29, 0.717) is 47.0 Å². The van der Waals surface area contributed by atoms with Gasteiger partial charge in [0.1, 0.15) is 41.7 Å². The Morgan fingerprint density at radius 3 is 1.83 bits per heavy atom. The van der Waals surface area contributed by atoms with Gasteiger partial charge in [0.05, 0.1) is 0 Å². The van der Waals surface area contributed by atoms with E-state index in [9.17, 15) is 9.18 Å². The maximum atomic E-state index is 13.8. The van der Waals surface area contributed by atoms with Crippen molar-refractivity contribution < 1.29 is 23.1 Å². The number of carbonyl (C=O) groups is 1. The second kappa shape index (κ2) is 10.9. The van der Waals surface area contributed by atoms with E-state index in [-0.39, 0.29) is 5.78 Å². The van der Waals surface area contributed by atoms with E-state index in [2.05, 4.69) is 0 Å². The molecule has 0 atom stereocenters. The number of ether oxygens (including phenoxy) is 2. The zero-order valence-corrected chi connectivity index (χ0v) is 22.5. The normalized spacial score (nSPS) is 11.3. The Balaban J connectivity index is 1.33. The molecule has 0 amide bonds. The number of ketones is 1. The number of furan rings is 1. The SMILES string of the molecule is O=C(c1ccc(F)cc1)c1cc2oc3cc(OCc4ccccc4)ccc3c2c2ccc(OCc3ccccc3)cc12. The third kappa shape index (κ3) is 4.97. The lowest BCUT2D eigenvalue weighted by Gasteiger charge is -2.11. The third-order valence-corrected chi connectivity index (χ3v) is 7.36. The molecule has 0 aliphatic rings. The number of benzene rings is 6. The van der Waals surface area contributed by atoms with E-state index in [1.807, 2.05) is 97.1 Å². The Labute approximate surface area is 241 Å². The molecule has 0 unspecified atom stereocenters. The number of rotatable bonds is 8. The molecule has 7 aromatic rings. The number of halogens is 1. The summed E-state index contributed by atoms with van der Waals surface area (Å²) in [5.74, 6) is 0.706. The first-order chi connectivity index (χ1) is 20.6. The molecule has 1 heterocycles. The quantitative estimate of drug-likeness (QED) is 0.176. The Morgan fingerprint density at radius 1 is 0.595 bits per heavy atom. The van der Waals surface area contributed by atoms with Crippen LogP contribution in [0.3, 0.4) is 0 Å². The lowest BCUT2D eigenvalue weighted by molar-refractivity contribution is 0.104. The Hall–Kier alpha value is -5.42. The van der Waals surface area contributed by atoms with Crippen LogP contribution in [0.25, 0.3) is 32.7 Å². The van der Waals surface area contributed by atoms with Gasteiger partial charge < -0.3 is 13.9 Å². The van der Waals surface area contributed by atoms with Crippen LogP contribution in [0.5, 0.6) is 11.5 Å². The molecule has 0 fully saturated rings. The van der Waals surface area contributed by atoms with Crippen LogP contribution in [0.1, 0.15) is 27.0 Å². The Kier molecular flexibility index (Phi) is 6.61. The van der Waals surface area contributed by atoms with E-state index < -0.39 is 5.82 Å². The molecule has 0 N–H and O–H groups in total. The first-order valence-corrected chi connectivity index (χ1v) is 13.7. The van der Waals surface area contributed by atoms with Crippen LogP contribution < -0.4 is 9.47 Å².